The average Bonchev–Trinajstić information content (AvgIpc) is 2.42. The fourth-order valence-corrected chi connectivity index (χ4v) is 2.15. The van der Waals surface area contributed by atoms with E-state index in [9.17, 15) is 22.0 Å². The van der Waals surface area contributed by atoms with Gasteiger partial charge in [-0.15, -0.1) is 0 Å². The number of benzene rings is 2. The highest BCUT2D eigenvalue weighted by Crippen LogP contribution is 2.30. The number of rotatable bonds is 3. The molecule has 1 nitrogen and oxygen atoms in total. The summed E-state index contributed by atoms with van der Waals surface area (Å²) in [6, 6.07) is 1.25. The van der Waals surface area contributed by atoms with Crippen LogP contribution in [0.3, 0.4) is 0 Å². The lowest BCUT2D eigenvalue weighted by molar-refractivity contribution is 0.480. The van der Waals surface area contributed by atoms with Crippen LogP contribution in [0.25, 0.3) is 0 Å². The van der Waals surface area contributed by atoms with Gasteiger partial charge in [0.1, 0.15) is 17.5 Å². The standard InChI is InChI=1S/C14H9ClF5N/c1-21-14(6-2-11(18)8(15)4-9(6)16)7-3-12(19)13(20)5-10(7)17/h2-5,14,21H,1H3. The third-order valence-electron chi connectivity index (χ3n) is 2.99. The maximum absolute atomic E-state index is 13.9. The van der Waals surface area contributed by atoms with Gasteiger partial charge in [-0.25, -0.2) is 22.0 Å². The summed E-state index contributed by atoms with van der Waals surface area (Å²) >= 11 is 5.44. The Kier molecular flexibility index (Phi) is 4.49. The van der Waals surface area contributed by atoms with Crippen LogP contribution in [0, 0.1) is 29.1 Å². The quantitative estimate of drug-likeness (QED) is 0.655. The largest absolute Gasteiger partial charge is 0.309 e. The molecular formula is C14H9ClF5N. The van der Waals surface area contributed by atoms with Crippen molar-refractivity contribution in [1.29, 1.82) is 0 Å². The first-order valence-electron chi connectivity index (χ1n) is 5.81. The molecule has 1 N–H and O–H groups in total. The molecule has 2 rings (SSSR count). The van der Waals surface area contributed by atoms with Gasteiger partial charge in [-0.05, 0) is 25.2 Å². The molecule has 0 aliphatic carbocycles. The predicted molar refractivity (Wildman–Crippen MR) is 68.6 cm³/mol. The van der Waals surface area contributed by atoms with E-state index in [2.05, 4.69) is 5.32 Å². The molecule has 2 aromatic rings. The van der Waals surface area contributed by atoms with Gasteiger partial charge in [0.15, 0.2) is 11.6 Å². The van der Waals surface area contributed by atoms with E-state index < -0.39 is 40.2 Å². The van der Waals surface area contributed by atoms with Crippen LogP contribution >= 0.6 is 11.6 Å². The minimum absolute atomic E-state index is 0.274. The Morgan fingerprint density at radius 1 is 0.762 bits per heavy atom. The Balaban J connectivity index is 2.60. The maximum Gasteiger partial charge on any atom is 0.161 e. The molecule has 0 spiro atoms. The van der Waals surface area contributed by atoms with E-state index in [1.54, 1.807) is 0 Å². The normalized spacial score (nSPS) is 12.5. The van der Waals surface area contributed by atoms with E-state index in [1.807, 2.05) is 0 Å². The fraction of sp³-hybridized carbons (Fsp3) is 0.143. The van der Waals surface area contributed by atoms with Gasteiger partial charge in [-0.1, -0.05) is 11.6 Å². The fourth-order valence-electron chi connectivity index (χ4n) is 2.00. The van der Waals surface area contributed by atoms with Gasteiger partial charge in [-0.3, -0.25) is 0 Å². The minimum atomic E-state index is -1.37. The van der Waals surface area contributed by atoms with E-state index in [0.29, 0.717) is 12.1 Å². The van der Waals surface area contributed by atoms with Crippen molar-refractivity contribution >= 4 is 11.6 Å². The van der Waals surface area contributed by atoms with Crippen LogP contribution < -0.4 is 5.32 Å². The summed E-state index contributed by atoms with van der Waals surface area (Å²) in [5.41, 5.74) is -0.624. The highest BCUT2D eigenvalue weighted by atomic mass is 35.5. The number of hydrogen-bond acceptors (Lipinski definition) is 1. The first-order chi connectivity index (χ1) is 9.85. The van der Waals surface area contributed by atoms with E-state index in [-0.39, 0.29) is 11.1 Å². The second-order valence-electron chi connectivity index (χ2n) is 4.30. The summed E-state index contributed by atoms with van der Waals surface area (Å²) in [5.74, 6) is -5.54. The van der Waals surface area contributed by atoms with Crippen molar-refractivity contribution in [1.82, 2.24) is 5.32 Å². The number of hydrogen-bond donors (Lipinski definition) is 1. The molecule has 0 saturated carbocycles. The second-order valence-corrected chi connectivity index (χ2v) is 4.70. The molecule has 112 valence electrons. The molecule has 0 radical (unpaired) electrons. The topological polar surface area (TPSA) is 12.0 Å². The molecule has 0 fully saturated rings. The van der Waals surface area contributed by atoms with Crippen LogP contribution in [0.5, 0.6) is 0 Å². The summed E-state index contributed by atoms with van der Waals surface area (Å²) in [6.45, 7) is 0. The molecule has 0 heterocycles. The zero-order valence-electron chi connectivity index (χ0n) is 10.7. The minimum Gasteiger partial charge on any atom is -0.309 e. The molecule has 2 aromatic carbocycles. The summed E-state index contributed by atoms with van der Waals surface area (Å²) in [4.78, 5) is 0. The smallest absolute Gasteiger partial charge is 0.161 e. The van der Waals surface area contributed by atoms with Crippen LogP contribution in [-0.2, 0) is 0 Å². The van der Waals surface area contributed by atoms with Gasteiger partial charge in [0.25, 0.3) is 0 Å². The molecule has 0 bridgehead atoms. The van der Waals surface area contributed by atoms with E-state index in [1.165, 1.54) is 7.05 Å². The highest BCUT2D eigenvalue weighted by Gasteiger charge is 2.23. The van der Waals surface area contributed by atoms with Gasteiger partial charge >= 0.3 is 0 Å². The van der Waals surface area contributed by atoms with Crippen LogP contribution in [0.2, 0.25) is 5.02 Å². The van der Waals surface area contributed by atoms with E-state index in [0.717, 1.165) is 12.1 Å². The van der Waals surface area contributed by atoms with Crippen molar-refractivity contribution < 1.29 is 22.0 Å². The van der Waals surface area contributed by atoms with E-state index >= 15 is 0 Å². The van der Waals surface area contributed by atoms with Gasteiger partial charge in [-0.2, -0.15) is 0 Å². The lowest BCUT2D eigenvalue weighted by atomic mass is 9.97. The molecule has 0 aliphatic rings. The van der Waals surface area contributed by atoms with Crippen molar-refractivity contribution in [3.05, 3.63) is 69.5 Å². The Morgan fingerprint density at radius 3 is 1.81 bits per heavy atom. The van der Waals surface area contributed by atoms with Crippen molar-refractivity contribution in [2.24, 2.45) is 0 Å². The first-order valence-corrected chi connectivity index (χ1v) is 6.19. The van der Waals surface area contributed by atoms with Crippen LogP contribution in [-0.4, -0.2) is 7.05 Å². The third kappa shape index (κ3) is 3.01. The summed E-state index contributed by atoms with van der Waals surface area (Å²) in [5, 5.41) is 2.10. The van der Waals surface area contributed by atoms with Crippen molar-refractivity contribution in [3.63, 3.8) is 0 Å². The monoisotopic (exact) mass is 321 g/mol. The number of nitrogens with one attached hydrogen (secondary N) is 1. The van der Waals surface area contributed by atoms with Crippen molar-refractivity contribution in [3.8, 4) is 0 Å². The third-order valence-corrected chi connectivity index (χ3v) is 3.28. The zero-order valence-corrected chi connectivity index (χ0v) is 11.4. The van der Waals surface area contributed by atoms with Gasteiger partial charge in [0.05, 0.1) is 11.1 Å². The Labute approximate surface area is 122 Å². The van der Waals surface area contributed by atoms with Crippen LogP contribution in [0.4, 0.5) is 22.0 Å². The van der Waals surface area contributed by atoms with E-state index in [4.69, 9.17) is 11.6 Å². The summed E-state index contributed by atoms with van der Waals surface area (Å²) in [7, 11) is 1.34. The first kappa shape index (κ1) is 15.7. The molecule has 0 saturated heterocycles. The predicted octanol–water partition coefficient (Wildman–Crippen LogP) is 4.34. The SMILES string of the molecule is CNC(c1cc(F)c(F)cc1F)c1cc(F)c(Cl)cc1F. The molecule has 1 atom stereocenters. The molecule has 0 aromatic heterocycles. The van der Waals surface area contributed by atoms with Crippen LogP contribution in [0.15, 0.2) is 24.3 Å². The maximum atomic E-state index is 13.9. The van der Waals surface area contributed by atoms with Crippen molar-refractivity contribution in [2.75, 3.05) is 7.05 Å². The Hall–Kier alpha value is -1.66. The van der Waals surface area contributed by atoms with Crippen LogP contribution in [0.1, 0.15) is 17.2 Å². The average molecular weight is 322 g/mol. The lowest BCUT2D eigenvalue weighted by Gasteiger charge is -2.19. The summed E-state index contributed by atoms with van der Waals surface area (Å²) in [6.07, 6.45) is 0. The molecule has 0 amide bonds. The Morgan fingerprint density at radius 2 is 1.24 bits per heavy atom. The van der Waals surface area contributed by atoms with Gasteiger partial charge in [0, 0.05) is 17.2 Å². The van der Waals surface area contributed by atoms with Gasteiger partial charge < -0.3 is 5.32 Å². The zero-order chi connectivity index (χ0) is 15.7. The molecule has 21 heavy (non-hydrogen) atoms. The molecular weight excluding hydrogens is 313 g/mol. The second kappa shape index (κ2) is 5.99. The number of halogens is 6. The highest BCUT2D eigenvalue weighted by molar-refractivity contribution is 6.30. The van der Waals surface area contributed by atoms with Crippen molar-refractivity contribution in [2.45, 2.75) is 6.04 Å². The Bertz CT molecular complexity index is 632. The molecule has 7 heteroatoms. The van der Waals surface area contributed by atoms with Gasteiger partial charge in [0.2, 0.25) is 0 Å². The molecule has 0 aliphatic heterocycles. The molecule has 1 unspecified atom stereocenters. The lowest BCUT2D eigenvalue weighted by Crippen LogP contribution is -2.21. The summed E-state index contributed by atoms with van der Waals surface area (Å²) < 4.78 is 67.3.